The summed E-state index contributed by atoms with van der Waals surface area (Å²) in [7, 11) is 0. The van der Waals surface area contributed by atoms with Crippen molar-refractivity contribution in [2.45, 2.75) is 84.0 Å². The molecule has 1 aliphatic carbocycles. The topological polar surface area (TPSA) is 21.8 Å². The van der Waals surface area contributed by atoms with Crippen molar-refractivity contribution in [3.8, 4) is 0 Å². The lowest BCUT2D eigenvalue weighted by Gasteiger charge is -2.14. The molecular weight excluding hydrogens is 272 g/mol. The smallest absolute Gasteiger partial charge is 0.0977 e. The van der Waals surface area contributed by atoms with Gasteiger partial charge in [0.2, 0.25) is 0 Å². The van der Waals surface area contributed by atoms with Crippen molar-refractivity contribution in [1.82, 2.24) is 0 Å². The highest BCUT2D eigenvalue weighted by molar-refractivity contribution is 5.29. The third-order valence-electron chi connectivity index (χ3n) is 5.57. The van der Waals surface area contributed by atoms with E-state index in [1.807, 2.05) is 0 Å². The lowest BCUT2D eigenvalue weighted by molar-refractivity contribution is 0.150. The molecule has 2 nitrogen and oxygen atoms in total. The number of ether oxygens (including phenoxy) is 2. The summed E-state index contributed by atoms with van der Waals surface area (Å²) < 4.78 is 12.0. The summed E-state index contributed by atoms with van der Waals surface area (Å²) in [6.07, 6.45) is 12.3. The summed E-state index contributed by atoms with van der Waals surface area (Å²) >= 11 is 0. The molecule has 0 aromatic heterocycles. The molecule has 2 aliphatic heterocycles. The molecule has 3 aliphatic rings. The van der Waals surface area contributed by atoms with Gasteiger partial charge in [-0.05, 0) is 77.4 Å². The predicted octanol–water partition coefficient (Wildman–Crippen LogP) is 5.11. The van der Waals surface area contributed by atoms with E-state index in [2.05, 4.69) is 39.8 Å². The van der Waals surface area contributed by atoms with Crippen LogP contribution in [-0.4, -0.2) is 24.4 Å². The molecule has 22 heavy (non-hydrogen) atoms. The molecule has 1 fully saturated rings. The zero-order valence-corrected chi connectivity index (χ0v) is 14.6. The molecule has 0 spiro atoms. The van der Waals surface area contributed by atoms with Crippen LogP contribution in [0.4, 0.5) is 0 Å². The van der Waals surface area contributed by atoms with Gasteiger partial charge in [-0.3, -0.25) is 0 Å². The maximum absolute atomic E-state index is 5.99. The van der Waals surface area contributed by atoms with Crippen molar-refractivity contribution < 1.29 is 9.47 Å². The van der Waals surface area contributed by atoms with E-state index in [1.165, 1.54) is 22.3 Å². The van der Waals surface area contributed by atoms with Gasteiger partial charge in [0.1, 0.15) is 0 Å². The molecule has 0 aromatic rings. The van der Waals surface area contributed by atoms with Crippen molar-refractivity contribution in [3.63, 3.8) is 0 Å². The molecule has 0 bridgehead atoms. The molecule has 3 rings (SSSR count). The first kappa shape index (κ1) is 16.0. The second-order valence-electron chi connectivity index (χ2n) is 7.60. The molecular formula is C20H30O2. The Morgan fingerprint density at radius 1 is 1.09 bits per heavy atom. The molecule has 0 N–H and O–H groups in total. The van der Waals surface area contributed by atoms with Gasteiger partial charge < -0.3 is 9.47 Å². The Hall–Kier alpha value is -0.860. The maximum Gasteiger partial charge on any atom is 0.0977 e. The highest BCUT2D eigenvalue weighted by Crippen LogP contribution is 2.43. The van der Waals surface area contributed by atoms with E-state index in [1.54, 1.807) is 0 Å². The first-order valence-corrected chi connectivity index (χ1v) is 8.79. The number of fused-ring (bicyclic) bond motifs is 2. The van der Waals surface area contributed by atoms with Gasteiger partial charge in [0.05, 0.1) is 24.4 Å². The maximum atomic E-state index is 5.99. The van der Waals surface area contributed by atoms with E-state index in [0.717, 1.165) is 45.1 Å². The zero-order chi connectivity index (χ0) is 15.7. The zero-order valence-electron chi connectivity index (χ0n) is 14.6. The van der Waals surface area contributed by atoms with Gasteiger partial charge in [-0.15, -0.1) is 0 Å². The summed E-state index contributed by atoms with van der Waals surface area (Å²) in [6.45, 7) is 9.81. The van der Waals surface area contributed by atoms with Gasteiger partial charge in [-0.1, -0.05) is 23.3 Å². The van der Waals surface area contributed by atoms with Gasteiger partial charge in [-0.25, -0.2) is 0 Å². The van der Waals surface area contributed by atoms with Crippen LogP contribution in [-0.2, 0) is 9.47 Å². The Bertz CT molecular complexity index is 526. The van der Waals surface area contributed by atoms with Crippen molar-refractivity contribution >= 4 is 0 Å². The fourth-order valence-corrected chi connectivity index (χ4v) is 3.77. The van der Waals surface area contributed by atoms with Crippen LogP contribution >= 0.6 is 0 Å². The number of rotatable bonds is 0. The highest BCUT2D eigenvalue weighted by Gasteiger charge is 2.50. The Morgan fingerprint density at radius 3 is 2.73 bits per heavy atom. The first-order valence-electron chi connectivity index (χ1n) is 8.79. The molecule has 0 saturated carbocycles. The van der Waals surface area contributed by atoms with Crippen molar-refractivity contribution in [2.75, 3.05) is 6.61 Å². The van der Waals surface area contributed by atoms with Gasteiger partial charge in [0.15, 0.2) is 0 Å². The molecule has 0 aromatic carbocycles. The van der Waals surface area contributed by atoms with Crippen LogP contribution in [0.15, 0.2) is 34.4 Å². The lowest BCUT2D eigenvalue weighted by Crippen LogP contribution is -2.11. The van der Waals surface area contributed by atoms with Crippen molar-refractivity contribution in [2.24, 2.45) is 0 Å². The quantitative estimate of drug-likeness (QED) is 0.458. The van der Waals surface area contributed by atoms with Crippen molar-refractivity contribution in [1.29, 1.82) is 0 Å². The van der Waals surface area contributed by atoms with Crippen molar-refractivity contribution in [3.05, 3.63) is 34.4 Å². The normalized spacial score (nSPS) is 41.6. The Morgan fingerprint density at radius 2 is 1.91 bits per heavy atom. The van der Waals surface area contributed by atoms with Crippen LogP contribution < -0.4 is 0 Å². The number of epoxide rings is 1. The molecule has 3 atom stereocenters. The summed E-state index contributed by atoms with van der Waals surface area (Å²) in [5.41, 5.74) is 6.03. The number of allylic oxidation sites excluding steroid dienone is 3. The molecule has 0 radical (unpaired) electrons. The lowest BCUT2D eigenvalue weighted by atomic mass is 9.93. The van der Waals surface area contributed by atoms with E-state index >= 15 is 0 Å². The Labute approximate surface area is 135 Å². The Kier molecular flexibility index (Phi) is 4.61. The van der Waals surface area contributed by atoms with Crippen LogP contribution in [0, 0.1) is 0 Å². The summed E-state index contributed by atoms with van der Waals surface area (Å²) in [5, 5.41) is 0. The second kappa shape index (κ2) is 6.33. The molecule has 1 saturated heterocycles. The third-order valence-corrected chi connectivity index (χ3v) is 5.57. The summed E-state index contributed by atoms with van der Waals surface area (Å²) in [5.74, 6) is 0. The second-order valence-corrected chi connectivity index (χ2v) is 7.60. The average molecular weight is 302 g/mol. The van der Waals surface area contributed by atoms with E-state index in [4.69, 9.17) is 9.47 Å². The molecule has 0 unspecified atom stereocenters. The van der Waals surface area contributed by atoms with E-state index in [9.17, 15) is 0 Å². The molecule has 0 amide bonds. The first-order chi connectivity index (χ1) is 10.5. The summed E-state index contributed by atoms with van der Waals surface area (Å²) in [4.78, 5) is 0. The SMILES string of the molecule is CC1=C2CC/C(C)=C/CC[C@]3(C)O[C@H]3CC/C(C)=C\[C@@H]2OC1. The Balaban J connectivity index is 1.76. The number of hydrogen-bond acceptors (Lipinski definition) is 2. The summed E-state index contributed by atoms with van der Waals surface area (Å²) in [6, 6.07) is 0. The van der Waals surface area contributed by atoms with Gasteiger partial charge in [-0.2, -0.15) is 0 Å². The minimum Gasteiger partial charge on any atom is -0.366 e. The number of hydrogen-bond donors (Lipinski definition) is 0. The van der Waals surface area contributed by atoms with Crippen LogP contribution in [0.3, 0.4) is 0 Å². The molecule has 2 heterocycles. The fraction of sp³-hybridized carbons (Fsp3) is 0.700. The van der Waals surface area contributed by atoms with Crippen LogP contribution in [0.5, 0.6) is 0 Å². The fourth-order valence-electron chi connectivity index (χ4n) is 3.77. The van der Waals surface area contributed by atoms with E-state index in [-0.39, 0.29) is 11.7 Å². The van der Waals surface area contributed by atoms with Crippen LogP contribution in [0.25, 0.3) is 0 Å². The minimum absolute atomic E-state index is 0.132. The molecule has 122 valence electrons. The minimum atomic E-state index is 0.132. The third kappa shape index (κ3) is 3.55. The monoisotopic (exact) mass is 302 g/mol. The largest absolute Gasteiger partial charge is 0.366 e. The predicted molar refractivity (Wildman–Crippen MR) is 90.9 cm³/mol. The average Bonchev–Trinajstić information content (AvgIpc) is 2.98. The highest BCUT2D eigenvalue weighted by atomic mass is 16.6. The van der Waals surface area contributed by atoms with Gasteiger partial charge in [0, 0.05) is 0 Å². The van der Waals surface area contributed by atoms with Gasteiger partial charge in [0.25, 0.3) is 0 Å². The van der Waals surface area contributed by atoms with Gasteiger partial charge >= 0.3 is 0 Å². The van der Waals surface area contributed by atoms with Crippen LogP contribution in [0.2, 0.25) is 0 Å². The van der Waals surface area contributed by atoms with E-state index in [0.29, 0.717) is 6.10 Å². The molecule has 2 heteroatoms. The van der Waals surface area contributed by atoms with E-state index < -0.39 is 0 Å². The standard InChI is InChI=1S/C20H30O2/c1-14-6-5-11-20(4)19(22-20)10-8-15(2)12-18-17(9-7-14)16(3)13-21-18/h6,12,18-19H,5,7-11,13H2,1-4H3/b14-6+,15-12-/t18-,19-,20-/m0/s1. The van der Waals surface area contributed by atoms with Crippen LogP contribution in [0.1, 0.15) is 66.2 Å².